The molecule has 2 N–H and O–H groups in total. The number of rotatable bonds is 6. The maximum Gasteiger partial charge on any atom is 0.261 e. The number of hydrogen-bond donors (Lipinski definition) is 1. The van der Waals surface area contributed by atoms with Crippen molar-refractivity contribution in [3.63, 3.8) is 0 Å². The summed E-state index contributed by atoms with van der Waals surface area (Å²) in [5.74, 6) is 1.29. The van der Waals surface area contributed by atoms with Gasteiger partial charge in [-0.15, -0.1) is 0 Å². The third kappa shape index (κ3) is 3.73. The monoisotopic (exact) mass is 415 g/mol. The van der Waals surface area contributed by atoms with Gasteiger partial charge < -0.3 is 10.3 Å². The van der Waals surface area contributed by atoms with Gasteiger partial charge in [0.1, 0.15) is 6.54 Å². The van der Waals surface area contributed by atoms with Gasteiger partial charge in [-0.3, -0.25) is 9.67 Å². The van der Waals surface area contributed by atoms with Gasteiger partial charge in [0.15, 0.2) is 5.82 Å². The Kier molecular flexibility index (Phi) is 5.17. The SMILES string of the molecule is CC(C)C(C)(c1ccc(-c2cnc(N)nc2)nc1)c1noc(-c2cnn(CC#N)c2)n1. The number of aromatic nitrogens is 7. The summed E-state index contributed by atoms with van der Waals surface area (Å²) in [4.78, 5) is 17.3. The van der Waals surface area contributed by atoms with Crippen molar-refractivity contribution >= 4 is 5.95 Å². The molecule has 0 aliphatic carbocycles. The maximum absolute atomic E-state index is 8.82. The molecule has 1 unspecified atom stereocenters. The molecule has 4 heterocycles. The van der Waals surface area contributed by atoms with E-state index in [0.717, 1.165) is 16.8 Å². The van der Waals surface area contributed by atoms with Crippen LogP contribution >= 0.6 is 0 Å². The standard InChI is InChI=1S/C21H21N9O/c1-13(2)21(3,16-4-5-17(24-11-16)14-8-25-20(23)26-9-14)19-28-18(31-29-19)15-10-27-30(12-15)7-6-22/h4-5,8-13H,7H2,1-3H3,(H2,23,25,26). The maximum atomic E-state index is 8.82. The van der Waals surface area contributed by atoms with Crippen molar-refractivity contribution in [3.05, 3.63) is 54.5 Å². The molecular formula is C21H21N9O. The van der Waals surface area contributed by atoms with Crippen LogP contribution < -0.4 is 5.73 Å². The largest absolute Gasteiger partial charge is 0.368 e. The summed E-state index contributed by atoms with van der Waals surface area (Å²) < 4.78 is 7.04. The summed E-state index contributed by atoms with van der Waals surface area (Å²) in [5.41, 5.74) is 8.17. The molecule has 31 heavy (non-hydrogen) atoms. The summed E-state index contributed by atoms with van der Waals surface area (Å²) in [6.07, 6.45) is 8.41. The smallest absolute Gasteiger partial charge is 0.261 e. The Morgan fingerprint density at radius 3 is 2.55 bits per heavy atom. The van der Waals surface area contributed by atoms with Crippen LogP contribution in [-0.2, 0) is 12.0 Å². The van der Waals surface area contributed by atoms with Crippen LogP contribution in [0.2, 0.25) is 0 Å². The summed E-state index contributed by atoms with van der Waals surface area (Å²) >= 11 is 0. The molecule has 0 spiro atoms. The van der Waals surface area contributed by atoms with E-state index in [4.69, 9.17) is 15.5 Å². The van der Waals surface area contributed by atoms with Crippen molar-refractivity contribution in [1.82, 2.24) is 34.9 Å². The van der Waals surface area contributed by atoms with Gasteiger partial charge in [-0.2, -0.15) is 15.3 Å². The molecule has 0 aliphatic rings. The van der Waals surface area contributed by atoms with E-state index in [1.807, 2.05) is 24.4 Å². The number of nitrogens with two attached hydrogens (primary N) is 1. The second kappa shape index (κ2) is 7.95. The minimum absolute atomic E-state index is 0.155. The Hall–Kier alpha value is -4.13. The van der Waals surface area contributed by atoms with E-state index in [1.165, 1.54) is 4.68 Å². The van der Waals surface area contributed by atoms with E-state index in [0.29, 0.717) is 17.3 Å². The molecule has 10 nitrogen and oxygen atoms in total. The van der Waals surface area contributed by atoms with Crippen LogP contribution in [0.25, 0.3) is 22.7 Å². The minimum atomic E-state index is -0.534. The molecule has 1 atom stereocenters. The van der Waals surface area contributed by atoms with E-state index in [9.17, 15) is 0 Å². The molecule has 0 saturated heterocycles. The number of nitrogens with zero attached hydrogens (tertiary/aromatic N) is 8. The summed E-state index contributed by atoms with van der Waals surface area (Å²) in [6.45, 7) is 6.42. The van der Waals surface area contributed by atoms with Crippen molar-refractivity contribution in [2.75, 3.05) is 5.73 Å². The third-order valence-corrected chi connectivity index (χ3v) is 5.49. The molecule has 0 amide bonds. The molecule has 4 rings (SSSR count). The zero-order valence-corrected chi connectivity index (χ0v) is 17.4. The molecule has 10 heteroatoms. The molecule has 0 aliphatic heterocycles. The van der Waals surface area contributed by atoms with E-state index >= 15 is 0 Å². The summed E-state index contributed by atoms with van der Waals surface area (Å²) in [5, 5.41) is 17.2. The molecule has 0 bridgehead atoms. The normalized spacial score (nSPS) is 13.1. The molecule has 4 aromatic heterocycles. The first kappa shape index (κ1) is 20.2. The van der Waals surface area contributed by atoms with E-state index in [1.54, 1.807) is 24.8 Å². The molecule has 0 radical (unpaired) electrons. The summed E-state index contributed by atoms with van der Waals surface area (Å²) in [6, 6.07) is 5.96. The highest BCUT2D eigenvalue weighted by atomic mass is 16.5. The van der Waals surface area contributed by atoms with Crippen LogP contribution in [0.15, 0.2) is 47.6 Å². The van der Waals surface area contributed by atoms with Crippen LogP contribution in [-0.4, -0.2) is 34.9 Å². The average Bonchev–Trinajstić information content (AvgIpc) is 3.44. The molecule has 0 fully saturated rings. The van der Waals surface area contributed by atoms with E-state index in [2.05, 4.69) is 51.0 Å². The van der Waals surface area contributed by atoms with E-state index < -0.39 is 5.41 Å². The van der Waals surface area contributed by atoms with Gasteiger partial charge in [0, 0.05) is 30.4 Å². The molecule has 0 saturated carbocycles. The van der Waals surface area contributed by atoms with Crippen LogP contribution in [0.4, 0.5) is 5.95 Å². The number of anilines is 1. The zero-order chi connectivity index (χ0) is 22.0. The molecule has 0 aromatic carbocycles. The molecule has 156 valence electrons. The highest BCUT2D eigenvalue weighted by Gasteiger charge is 2.38. The van der Waals surface area contributed by atoms with Crippen LogP contribution in [0, 0.1) is 17.2 Å². The quantitative estimate of drug-likeness (QED) is 0.502. The van der Waals surface area contributed by atoms with Crippen molar-refractivity contribution in [2.24, 2.45) is 5.92 Å². The number of nitrogen functional groups attached to an aromatic ring is 1. The lowest BCUT2D eigenvalue weighted by Gasteiger charge is -2.30. The Balaban J connectivity index is 1.67. The van der Waals surface area contributed by atoms with Gasteiger partial charge in [0.2, 0.25) is 5.95 Å². The minimum Gasteiger partial charge on any atom is -0.368 e. The second-order valence-electron chi connectivity index (χ2n) is 7.63. The second-order valence-corrected chi connectivity index (χ2v) is 7.63. The first-order valence-electron chi connectivity index (χ1n) is 9.70. The summed E-state index contributed by atoms with van der Waals surface area (Å²) in [7, 11) is 0. The Bertz CT molecular complexity index is 1220. The lowest BCUT2D eigenvalue weighted by atomic mass is 9.73. The molecule has 4 aromatic rings. The van der Waals surface area contributed by atoms with Gasteiger partial charge in [0.25, 0.3) is 5.89 Å². The van der Waals surface area contributed by atoms with Crippen LogP contribution in [0.1, 0.15) is 32.2 Å². The van der Waals surface area contributed by atoms with Crippen molar-refractivity contribution in [3.8, 4) is 28.8 Å². The molecular weight excluding hydrogens is 394 g/mol. The first-order chi connectivity index (χ1) is 14.9. The Labute approximate surface area is 178 Å². The van der Waals surface area contributed by atoms with Crippen LogP contribution in [0.5, 0.6) is 0 Å². The topological polar surface area (TPSA) is 145 Å². The Morgan fingerprint density at radius 1 is 1.13 bits per heavy atom. The number of hydrogen-bond acceptors (Lipinski definition) is 9. The lowest BCUT2D eigenvalue weighted by molar-refractivity contribution is 0.350. The predicted octanol–water partition coefficient (Wildman–Crippen LogP) is 2.85. The van der Waals surface area contributed by atoms with Gasteiger partial charge in [-0.25, -0.2) is 9.97 Å². The third-order valence-electron chi connectivity index (χ3n) is 5.49. The van der Waals surface area contributed by atoms with Gasteiger partial charge in [0.05, 0.1) is 28.9 Å². The first-order valence-corrected chi connectivity index (χ1v) is 9.70. The number of nitriles is 1. The fraction of sp³-hybridized carbons (Fsp3) is 0.286. The zero-order valence-electron chi connectivity index (χ0n) is 17.4. The average molecular weight is 415 g/mol. The fourth-order valence-electron chi connectivity index (χ4n) is 3.25. The number of pyridine rings is 1. The van der Waals surface area contributed by atoms with Gasteiger partial charge in [-0.05, 0) is 24.5 Å². The van der Waals surface area contributed by atoms with E-state index in [-0.39, 0.29) is 18.4 Å². The predicted molar refractivity (Wildman–Crippen MR) is 112 cm³/mol. The van der Waals surface area contributed by atoms with Gasteiger partial charge >= 0.3 is 0 Å². The van der Waals surface area contributed by atoms with Gasteiger partial charge in [-0.1, -0.05) is 25.1 Å². The lowest BCUT2D eigenvalue weighted by Crippen LogP contribution is -2.31. The van der Waals surface area contributed by atoms with Crippen molar-refractivity contribution < 1.29 is 4.52 Å². The highest BCUT2D eigenvalue weighted by Crippen LogP contribution is 2.38. The fourth-order valence-corrected chi connectivity index (χ4v) is 3.25. The Morgan fingerprint density at radius 2 is 1.90 bits per heavy atom. The van der Waals surface area contributed by atoms with Crippen molar-refractivity contribution in [2.45, 2.75) is 32.7 Å². The highest BCUT2D eigenvalue weighted by molar-refractivity contribution is 5.58. The van der Waals surface area contributed by atoms with Crippen molar-refractivity contribution in [1.29, 1.82) is 5.26 Å². The van der Waals surface area contributed by atoms with Crippen LogP contribution in [0.3, 0.4) is 0 Å².